The monoisotopic (exact) mass is 154 g/mol. The Kier molecular flexibility index (Phi) is 3.40. The number of thiol groups is 1. The number of rotatable bonds is 0. The Morgan fingerprint density at radius 3 is 3.10 bits per heavy atom. The van der Waals surface area contributed by atoms with Gasteiger partial charge in [0.15, 0.2) is 0 Å². The molecule has 1 rings (SSSR count). The van der Waals surface area contributed by atoms with Crippen molar-refractivity contribution >= 4 is 20.5 Å². The third-order valence-electron chi connectivity index (χ3n) is 2.10. The number of hydrogen-bond donors (Lipinski definition) is 1. The highest BCUT2D eigenvalue weighted by Gasteiger charge is 2.04. The lowest BCUT2D eigenvalue weighted by molar-refractivity contribution is 0.652. The average molecular weight is 154 g/mol. The molecule has 0 nitrogen and oxygen atoms in total. The minimum atomic E-state index is 0.657. The molecule has 0 aromatic rings. The molecule has 0 spiro atoms. The standard InChI is InChI=1S/C8H15BS/c9-7-3-1-5-8(10)6-2-4-7/h3,8,10H,1-2,4-6,9H2/b7-3-. The molecule has 1 atom stereocenters. The summed E-state index contributed by atoms with van der Waals surface area (Å²) in [5.74, 6) is 0. The lowest BCUT2D eigenvalue weighted by atomic mass is 9.87. The predicted octanol–water partition coefficient (Wildman–Crippen LogP) is 1.77. The van der Waals surface area contributed by atoms with Crippen LogP contribution < -0.4 is 0 Å². The van der Waals surface area contributed by atoms with E-state index in [9.17, 15) is 0 Å². The lowest BCUT2D eigenvalue weighted by Gasteiger charge is -2.12. The fourth-order valence-electron chi connectivity index (χ4n) is 1.39. The van der Waals surface area contributed by atoms with E-state index in [0.29, 0.717) is 5.25 Å². The molecule has 1 aliphatic rings. The smallest absolute Gasteiger partial charge is 0.133 e. The molecule has 0 saturated heterocycles. The van der Waals surface area contributed by atoms with Crippen molar-refractivity contribution < 1.29 is 0 Å². The van der Waals surface area contributed by atoms with Gasteiger partial charge in [0, 0.05) is 5.25 Å². The van der Waals surface area contributed by atoms with Crippen LogP contribution in [0.4, 0.5) is 0 Å². The van der Waals surface area contributed by atoms with Gasteiger partial charge in [0.05, 0.1) is 0 Å². The largest absolute Gasteiger partial charge is 0.176 e. The van der Waals surface area contributed by atoms with Crippen LogP contribution in [-0.4, -0.2) is 13.1 Å². The molecule has 10 heavy (non-hydrogen) atoms. The summed E-state index contributed by atoms with van der Waals surface area (Å²) in [6, 6.07) is 0. The molecule has 2 heteroatoms. The van der Waals surface area contributed by atoms with Gasteiger partial charge < -0.3 is 0 Å². The Bertz CT molecular complexity index is 131. The van der Waals surface area contributed by atoms with E-state index in [1.165, 1.54) is 32.1 Å². The summed E-state index contributed by atoms with van der Waals surface area (Å²) in [5, 5.41) is 0.657. The highest BCUT2D eigenvalue weighted by Crippen LogP contribution is 2.18. The zero-order chi connectivity index (χ0) is 7.40. The lowest BCUT2D eigenvalue weighted by Crippen LogP contribution is -2.01. The minimum Gasteiger partial charge on any atom is -0.176 e. The van der Waals surface area contributed by atoms with Gasteiger partial charge in [-0.3, -0.25) is 0 Å². The summed E-state index contributed by atoms with van der Waals surface area (Å²) in [7, 11) is 2.23. The van der Waals surface area contributed by atoms with Gasteiger partial charge in [0.25, 0.3) is 0 Å². The Balaban J connectivity index is 2.38. The average Bonchev–Trinajstić information content (AvgIpc) is 1.84. The van der Waals surface area contributed by atoms with Crippen LogP contribution in [0.25, 0.3) is 0 Å². The second-order valence-corrected chi connectivity index (χ2v) is 3.90. The molecule has 0 amide bonds. The predicted molar refractivity (Wildman–Crippen MR) is 52.5 cm³/mol. The van der Waals surface area contributed by atoms with Crippen molar-refractivity contribution in [2.24, 2.45) is 0 Å². The van der Waals surface area contributed by atoms with E-state index in [4.69, 9.17) is 0 Å². The Labute approximate surface area is 69.9 Å². The molecule has 0 aromatic carbocycles. The van der Waals surface area contributed by atoms with Crippen LogP contribution in [0.1, 0.15) is 32.1 Å². The molecular weight excluding hydrogens is 139 g/mol. The van der Waals surface area contributed by atoms with E-state index >= 15 is 0 Å². The van der Waals surface area contributed by atoms with Crippen LogP contribution in [0.5, 0.6) is 0 Å². The van der Waals surface area contributed by atoms with Gasteiger partial charge in [-0.1, -0.05) is 6.08 Å². The fourth-order valence-corrected chi connectivity index (χ4v) is 1.72. The normalized spacial score (nSPS) is 33.7. The molecule has 1 unspecified atom stereocenters. The van der Waals surface area contributed by atoms with Crippen molar-refractivity contribution in [3.05, 3.63) is 11.5 Å². The van der Waals surface area contributed by atoms with Crippen molar-refractivity contribution in [3.8, 4) is 0 Å². The zero-order valence-electron chi connectivity index (χ0n) is 6.64. The van der Waals surface area contributed by atoms with Crippen LogP contribution >= 0.6 is 12.6 Å². The summed E-state index contributed by atoms with van der Waals surface area (Å²) in [5.41, 5.74) is 1.57. The Hall–Kier alpha value is 0.155. The van der Waals surface area contributed by atoms with Crippen LogP contribution in [-0.2, 0) is 0 Å². The highest BCUT2D eigenvalue weighted by molar-refractivity contribution is 7.80. The van der Waals surface area contributed by atoms with Gasteiger partial charge >= 0.3 is 0 Å². The molecule has 0 aromatic heterocycles. The molecule has 56 valence electrons. The molecule has 0 aliphatic heterocycles. The SMILES string of the molecule is B/C1=C\CCC(S)CCC1. The van der Waals surface area contributed by atoms with Gasteiger partial charge in [0.2, 0.25) is 0 Å². The topological polar surface area (TPSA) is 0 Å². The maximum atomic E-state index is 4.48. The quantitative estimate of drug-likeness (QED) is 0.399. The molecule has 0 radical (unpaired) electrons. The van der Waals surface area contributed by atoms with Crippen molar-refractivity contribution in [3.63, 3.8) is 0 Å². The molecule has 0 bridgehead atoms. The summed E-state index contributed by atoms with van der Waals surface area (Å²) in [4.78, 5) is 0. The number of allylic oxidation sites excluding steroid dienone is 2. The number of hydrogen-bond acceptors (Lipinski definition) is 1. The van der Waals surface area contributed by atoms with E-state index in [-0.39, 0.29) is 0 Å². The van der Waals surface area contributed by atoms with Crippen molar-refractivity contribution in [2.45, 2.75) is 37.4 Å². The van der Waals surface area contributed by atoms with Crippen molar-refractivity contribution in [2.75, 3.05) is 0 Å². The first-order valence-corrected chi connectivity index (χ1v) is 4.64. The van der Waals surface area contributed by atoms with Gasteiger partial charge in [-0.25, -0.2) is 0 Å². The first-order chi connectivity index (χ1) is 4.79. The third-order valence-corrected chi connectivity index (χ3v) is 2.62. The second-order valence-electron chi connectivity index (χ2n) is 3.17. The molecule has 0 N–H and O–H groups in total. The Morgan fingerprint density at radius 1 is 1.50 bits per heavy atom. The fraction of sp³-hybridized carbons (Fsp3) is 0.750. The third kappa shape index (κ3) is 2.83. The van der Waals surface area contributed by atoms with E-state index < -0.39 is 0 Å². The van der Waals surface area contributed by atoms with Gasteiger partial charge in [-0.15, -0.1) is 5.47 Å². The molecular formula is C8H15BS. The first-order valence-electron chi connectivity index (χ1n) is 4.13. The van der Waals surface area contributed by atoms with E-state index in [1.54, 1.807) is 5.47 Å². The highest BCUT2D eigenvalue weighted by atomic mass is 32.1. The molecule has 0 saturated carbocycles. The summed E-state index contributed by atoms with van der Waals surface area (Å²) < 4.78 is 0. The first kappa shape index (κ1) is 8.25. The maximum absolute atomic E-state index is 4.48. The Morgan fingerprint density at radius 2 is 2.30 bits per heavy atom. The molecule has 1 aliphatic carbocycles. The van der Waals surface area contributed by atoms with Gasteiger partial charge in [0.1, 0.15) is 7.85 Å². The van der Waals surface area contributed by atoms with E-state index in [1.807, 2.05) is 0 Å². The zero-order valence-corrected chi connectivity index (χ0v) is 7.53. The molecule has 0 heterocycles. The van der Waals surface area contributed by atoms with Crippen molar-refractivity contribution in [1.82, 2.24) is 0 Å². The minimum absolute atomic E-state index is 0.657. The van der Waals surface area contributed by atoms with Gasteiger partial charge in [-0.2, -0.15) is 12.6 Å². The van der Waals surface area contributed by atoms with Crippen LogP contribution in [0.15, 0.2) is 11.5 Å². The second kappa shape index (κ2) is 4.12. The van der Waals surface area contributed by atoms with Crippen LogP contribution in [0.3, 0.4) is 0 Å². The summed E-state index contributed by atoms with van der Waals surface area (Å²) >= 11 is 4.48. The van der Waals surface area contributed by atoms with Crippen LogP contribution in [0.2, 0.25) is 0 Å². The maximum Gasteiger partial charge on any atom is 0.133 e. The van der Waals surface area contributed by atoms with E-state index in [2.05, 4.69) is 26.6 Å². The molecule has 0 fully saturated rings. The van der Waals surface area contributed by atoms with Gasteiger partial charge in [-0.05, 0) is 32.1 Å². The van der Waals surface area contributed by atoms with Crippen LogP contribution in [0, 0.1) is 0 Å². The van der Waals surface area contributed by atoms with Crippen molar-refractivity contribution in [1.29, 1.82) is 0 Å². The van der Waals surface area contributed by atoms with E-state index in [0.717, 1.165) is 0 Å². The summed E-state index contributed by atoms with van der Waals surface area (Å²) in [6.45, 7) is 0. The summed E-state index contributed by atoms with van der Waals surface area (Å²) in [6.07, 6.45) is 8.78.